The Balaban J connectivity index is 2.08. The van der Waals surface area contributed by atoms with Crippen molar-refractivity contribution in [3.8, 4) is 6.07 Å². The summed E-state index contributed by atoms with van der Waals surface area (Å²) in [6, 6.07) is 15.5. The van der Waals surface area contributed by atoms with Crippen molar-refractivity contribution < 1.29 is 8.42 Å². The third kappa shape index (κ3) is 4.51. The zero-order valence-electron chi connectivity index (χ0n) is 11.3. The molecule has 0 amide bonds. The van der Waals surface area contributed by atoms with Gasteiger partial charge < -0.3 is 5.73 Å². The van der Waals surface area contributed by atoms with Gasteiger partial charge in [0.15, 0.2) is 0 Å². The van der Waals surface area contributed by atoms with Crippen LogP contribution in [0.15, 0.2) is 48.5 Å². The summed E-state index contributed by atoms with van der Waals surface area (Å²) in [7, 11) is -3.50. The van der Waals surface area contributed by atoms with Crippen LogP contribution in [0.1, 0.15) is 11.1 Å². The van der Waals surface area contributed by atoms with Crippen LogP contribution < -0.4 is 10.5 Å². The molecule has 2 aromatic carbocycles. The molecule has 108 valence electrons. The lowest BCUT2D eigenvalue weighted by atomic mass is 10.1. The molecule has 0 aliphatic rings. The number of rotatable bonds is 5. The smallest absolute Gasteiger partial charge is 0.236 e. The largest absolute Gasteiger partial charge is 0.399 e. The van der Waals surface area contributed by atoms with E-state index in [9.17, 15) is 8.42 Å². The molecule has 5 nitrogen and oxygen atoms in total. The summed E-state index contributed by atoms with van der Waals surface area (Å²) < 4.78 is 26.7. The van der Waals surface area contributed by atoms with Crippen molar-refractivity contribution in [2.45, 2.75) is 12.2 Å². The number of nitrogens with zero attached hydrogens (tertiary/aromatic N) is 1. The SMILES string of the molecule is N#CCc1ccc(NS(=O)(=O)Cc2cccc(N)c2)cc1. The van der Waals surface area contributed by atoms with E-state index in [2.05, 4.69) is 4.72 Å². The van der Waals surface area contributed by atoms with Gasteiger partial charge in [-0.3, -0.25) is 4.72 Å². The Kier molecular flexibility index (Phi) is 4.45. The fourth-order valence-corrected chi connectivity index (χ4v) is 3.09. The Bertz CT molecular complexity index is 762. The first-order valence-electron chi connectivity index (χ1n) is 6.29. The molecule has 0 saturated heterocycles. The Morgan fingerprint density at radius 1 is 1.10 bits per heavy atom. The second-order valence-corrected chi connectivity index (χ2v) is 6.36. The van der Waals surface area contributed by atoms with E-state index in [0.717, 1.165) is 5.56 Å². The fourth-order valence-electron chi connectivity index (χ4n) is 1.90. The molecule has 0 aromatic heterocycles. The molecule has 0 spiro atoms. The molecular formula is C15H15N3O2S. The molecule has 21 heavy (non-hydrogen) atoms. The molecular weight excluding hydrogens is 286 g/mol. The summed E-state index contributed by atoms with van der Waals surface area (Å²) in [5.41, 5.74) is 8.11. The van der Waals surface area contributed by atoms with Crippen molar-refractivity contribution in [2.75, 3.05) is 10.5 Å². The summed E-state index contributed by atoms with van der Waals surface area (Å²) in [5.74, 6) is -0.141. The van der Waals surface area contributed by atoms with Gasteiger partial charge in [-0.1, -0.05) is 24.3 Å². The van der Waals surface area contributed by atoms with Crippen molar-refractivity contribution in [2.24, 2.45) is 0 Å². The molecule has 0 saturated carbocycles. The van der Waals surface area contributed by atoms with Crippen LogP contribution in [0.5, 0.6) is 0 Å². The molecule has 0 atom stereocenters. The highest BCUT2D eigenvalue weighted by Gasteiger charge is 2.11. The van der Waals surface area contributed by atoms with Crippen molar-refractivity contribution in [1.82, 2.24) is 0 Å². The summed E-state index contributed by atoms with van der Waals surface area (Å²) in [5, 5.41) is 8.59. The summed E-state index contributed by atoms with van der Waals surface area (Å²) in [6.45, 7) is 0. The predicted molar refractivity (Wildman–Crippen MR) is 82.9 cm³/mol. The number of nitrogen functional groups attached to an aromatic ring is 1. The average molecular weight is 301 g/mol. The van der Waals surface area contributed by atoms with Crippen LogP contribution in [0.3, 0.4) is 0 Å². The van der Waals surface area contributed by atoms with Crippen molar-refractivity contribution in [3.05, 3.63) is 59.7 Å². The molecule has 0 aliphatic carbocycles. The van der Waals surface area contributed by atoms with Gasteiger partial charge in [0.25, 0.3) is 0 Å². The predicted octanol–water partition coefficient (Wildman–Crippen LogP) is 2.28. The summed E-state index contributed by atoms with van der Waals surface area (Å²) in [4.78, 5) is 0. The summed E-state index contributed by atoms with van der Waals surface area (Å²) in [6.07, 6.45) is 0.302. The number of benzene rings is 2. The Morgan fingerprint density at radius 2 is 1.81 bits per heavy atom. The van der Waals surface area contributed by atoms with Crippen LogP contribution in [-0.2, 0) is 22.2 Å². The quantitative estimate of drug-likeness (QED) is 0.828. The lowest BCUT2D eigenvalue weighted by molar-refractivity contribution is 0.600. The summed E-state index contributed by atoms with van der Waals surface area (Å²) >= 11 is 0. The standard InChI is InChI=1S/C15H15N3O2S/c16-9-8-12-4-6-15(7-5-12)18-21(19,20)11-13-2-1-3-14(17)10-13/h1-7,10,18H,8,11,17H2. The molecule has 0 bridgehead atoms. The van der Waals surface area contributed by atoms with E-state index in [4.69, 9.17) is 11.0 Å². The number of hydrogen-bond donors (Lipinski definition) is 2. The van der Waals surface area contributed by atoms with E-state index in [1.165, 1.54) is 0 Å². The first-order valence-corrected chi connectivity index (χ1v) is 7.94. The highest BCUT2D eigenvalue weighted by Crippen LogP contribution is 2.15. The number of nitrogens with one attached hydrogen (secondary N) is 1. The zero-order chi connectivity index (χ0) is 15.3. The number of nitrogens with two attached hydrogens (primary N) is 1. The van der Waals surface area contributed by atoms with Crippen LogP contribution in [0.4, 0.5) is 11.4 Å². The maximum absolute atomic E-state index is 12.1. The number of anilines is 2. The van der Waals surface area contributed by atoms with Crippen LogP contribution in [-0.4, -0.2) is 8.42 Å². The molecule has 3 N–H and O–H groups in total. The van der Waals surface area contributed by atoms with Crippen molar-refractivity contribution in [1.29, 1.82) is 5.26 Å². The Hall–Kier alpha value is -2.52. The monoisotopic (exact) mass is 301 g/mol. The second-order valence-electron chi connectivity index (χ2n) is 4.64. The van der Waals surface area contributed by atoms with Gasteiger partial charge in [0, 0.05) is 11.4 Å². The third-order valence-corrected chi connectivity index (χ3v) is 4.08. The van der Waals surface area contributed by atoms with E-state index in [0.29, 0.717) is 23.4 Å². The van der Waals surface area contributed by atoms with Gasteiger partial charge in [-0.25, -0.2) is 8.42 Å². The molecule has 0 heterocycles. The van der Waals surface area contributed by atoms with Gasteiger partial charge >= 0.3 is 0 Å². The minimum absolute atomic E-state index is 0.141. The maximum Gasteiger partial charge on any atom is 0.236 e. The number of sulfonamides is 1. The second kappa shape index (κ2) is 6.29. The molecule has 6 heteroatoms. The highest BCUT2D eigenvalue weighted by atomic mass is 32.2. The minimum Gasteiger partial charge on any atom is -0.399 e. The van der Waals surface area contributed by atoms with Crippen LogP contribution in [0.2, 0.25) is 0 Å². The van der Waals surface area contributed by atoms with E-state index >= 15 is 0 Å². The van der Waals surface area contributed by atoms with E-state index in [1.807, 2.05) is 6.07 Å². The van der Waals surface area contributed by atoms with Crippen LogP contribution >= 0.6 is 0 Å². The Morgan fingerprint density at radius 3 is 2.43 bits per heavy atom. The average Bonchev–Trinajstić information content (AvgIpc) is 2.40. The van der Waals surface area contributed by atoms with Crippen molar-refractivity contribution >= 4 is 21.4 Å². The number of hydrogen-bond acceptors (Lipinski definition) is 4. The minimum atomic E-state index is -3.50. The van der Waals surface area contributed by atoms with Gasteiger partial charge in [0.2, 0.25) is 10.0 Å². The third-order valence-electron chi connectivity index (χ3n) is 2.82. The van der Waals surface area contributed by atoms with E-state index in [-0.39, 0.29) is 5.75 Å². The first-order chi connectivity index (χ1) is 9.98. The van der Waals surface area contributed by atoms with E-state index in [1.54, 1.807) is 48.5 Å². The topological polar surface area (TPSA) is 96.0 Å². The normalized spacial score (nSPS) is 10.8. The van der Waals surface area contributed by atoms with E-state index < -0.39 is 10.0 Å². The van der Waals surface area contributed by atoms with Gasteiger partial charge in [0.1, 0.15) is 0 Å². The maximum atomic E-state index is 12.1. The molecule has 0 unspecified atom stereocenters. The lowest BCUT2D eigenvalue weighted by Crippen LogP contribution is -2.15. The molecule has 0 radical (unpaired) electrons. The van der Waals surface area contributed by atoms with Gasteiger partial charge in [0.05, 0.1) is 18.2 Å². The highest BCUT2D eigenvalue weighted by molar-refractivity contribution is 7.91. The van der Waals surface area contributed by atoms with Gasteiger partial charge in [-0.2, -0.15) is 5.26 Å². The van der Waals surface area contributed by atoms with Gasteiger partial charge in [-0.05, 0) is 35.4 Å². The molecule has 0 fully saturated rings. The van der Waals surface area contributed by atoms with Crippen LogP contribution in [0.25, 0.3) is 0 Å². The van der Waals surface area contributed by atoms with Gasteiger partial charge in [-0.15, -0.1) is 0 Å². The zero-order valence-corrected chi connectivity index (χ0v) is 12.1. The van der Waals surface area contributed by atoms with Crippen LogP contribution in [0, 0.1) is 11.3 Å². The molecule has 0 aliphatic heterocycles. The Labute approximate surface area is 124 Å². The lowest BCUT2D eigenvalue weighted by Gasteiger charge is -2.09. The number of nitriles is 1. The molecule has 2 rings (SSSR count). The molecule has 2 aromatic rings. The van der Waals surface area contributed by atoms with Crippen molar-refractivity contribution in [3.63, 3.8) is 0 Å². The first kappa shape index (κ1) is 14.9. The fraction of sp³-hybridized carbons (Fsp3) is 0.133.